The summed E-state index contributed by atoms with van der Waals surface area (Å²) in [6.45, 7) is 3.24. The molecule has 0 fully saturated rings. The van der Waals surface area contributed by atoms with E-state index in [4.69, 9.17) is 5.11 Å². The number of rotatable bonds is 15. The van der Waals surface area contributed by atoms with Crippen molar-refractivity contribution in [1.29, 1.82) is 0 Å². The highest BCUT2D eigenvalue weighted by Gasteiger charge is 2.08. The van der Waals surface area contributed by atoms with Crippen LogP contribution in [-0.4, -0.2) is 24.7 Å². The molecule has 0 amide bonds. The Morgan fingerprint density at radius 2 is 1.71 bits per heavy atom. The molecule has 0 aromatic heterocycles. The van der Waals surface area contributed by atoms with Crippen molar-refractivity contribution in [2.75, 3.05) is 13.6 Å². The van der Waals surface area contributed by atoms with Gasteiger partial charge in [-0.2, -0.15) is 0 Å². The lowest BCUT2D eigenvalue weighted by Crippen LogP contribution is -2.19. The Kier molecular flexibility index (Phi) is 14.9. The van der Waals surface area contributed by atoms with Gasteiger partial charge >= 0.3 is 5.97 Å². The Balaban J connectivity index is 3.58. The molecule has 0 aromatic carbocycles. The Morgan fingerprint density at radius 1 is 1.05 bits per heavy atom. The molecule has 0 aromatic rings. The zero-order valence-electron chi connectivity index (χ0n) is 14.1. The number of allylic oxidation sites excluding steroid dienone is 2. The molecule has 21 heavy (non-hydrogen) atoms. The summed E-state index contributed by atoms with van der Waals surface area (Å²) in [6.07, 6.45) is 16.9. The summed E-state index contributed by atoms with van der Waals surface area (Å²) in [7, 11) is 1.97. The third kappa shape index (κ3) is 15.4. The summed E-state index contributed by atoms with van der Waals surface area (Å²) in [4.78, 5) is 10.5. The highest BCUT2D eigenvalue weighted by Crippen LogP contribution is 2.16. The van der Waals surface area contributed by atoms with E-state index in [1.807, 2.05) is 7.05 Å². The van der Waals surface area contributed by atoms with Gasteiger partial charge in [-0.3, -0.25) is 4.79 Å². The second-order valence-electron chi connectivity index (χ2n) is 5.96. The van der Waals surface area contributed by atoms with Crippen LogP contribution in [-0.2, 0) is 4.79 Å². The molecule has 0 spiro atoms. The first-order valence-electron chi connectivity index (χ1n) is 8.72. The van der Waals surface area contributed by atoms with E-state index in [2.05, 4.69) is 24.4 Å². The van der Waals surface area contributed by atoms with Crippen molar-refractivity contribution in [2.24, 2.45) is 5.92 Å². The molecule has 3 heteroatoms. The summed E-state index contributed by atoms with van der Waals surface area (Å²) in [5, 5.41) is 11.9. The first kappa shape index (κ1) is 20.2. The summed E-state index contributed by atoms with van der Waals surface area (Å²) >= 11 is 0. The number of nitrogens with one attached hydrogen (secondary N) is 1. The zero-order valence-corrected chi connectivity index (χ0v) is 14.1. The van der Waals surface area contributed by atoms with Crippen molar-refractivity contribution in [1.82, 2.24) is 5.32 Å². The van der Waals surface area contributed by atoms with Crippen LogP contribution in [0, 0.1) is 5.92 Å². The van der Waals surface area contributed by atoms with Crippen LogP contribution in [0.1, 0.15) is 77.6 Å². The van der Waals surface area contributed by atoms with E-state index in [1.54, 1.807) is 0 Å². The number of unbranched alkanes of at least 4 members (excludes halogenated alkanes) is 5. The molecule has 0 aliphatic carbocycles. The van der Waals surface area contributed by atoms with Crippen molar-refractivity contribution in [3.05, 3.63) is 12.2 Å². The van der Waals surface area contributed by atoms with Gasteiger partial charge in [0.1, 0.15) is 0 Å². The van der Waals surface area contributed by atoms with Gasteiger partial charge in [0.2, 0.25) is 0 Å². The van der Waals surface area contributed by atoms with Crippen molar-refractivity contribution in [2.45, 2.75) is 77.6 Å². The minimum Gasteiger partial charge on any atom is -0.481 e. The maximum atomic E-state index is 10.5. The van der Waals surface area contributed by atoms with Gasteiger partial charge in [-0.1, -0.05) is 38.3 Å². The number of carboxylic acid groups (broad SMARTS) is 1. The van der Waals surface area contributed by atoms with Crippen molar-refractivity contribution in [3.8, 4) is 0 Å². The maximum absolute atomic E-state index is 10.5. The topological polar surface area (TPSA) is 49.3 Å². The van der Waals surface area contributed by atoms with E-state index in [0.29, 0.717) is 12.3 Å². The number of carbonyl (C=O) groups is 1. The molecule has 0 aliphatic heterocycles. The van der Waals surface area contributed by atoms with Crippen LogP contribution in [0.5, 0.6) is 0 Å². The Bertz CT molecular complexity index is 264. The highest BCUT2D eigenvalue weighted by molar-refractivity contribution is 5.66. The fraction of sp³-hybridized carbons (Fsp3) is 0.833. The van der Waals surface area contributed by atoms with Gasteiger partial charge in [0.15, 0.2) is 0 Å². The van der Waals surface area contributed by atoms with Gasteiger partial charge in [0.05, 0.1) is 0 Å². The Morgan fingerprint density at radius 3 is 2.33 bits per heavy atom. The number of hydrogen-bond acceptors (Lipinski definition) is 2. The van der Waals surface area contributed by atoms with Crippen LogP contribution in [0.2, 0.25) is 0 Å². The smallest absolute Gasteiger partial charge is 0.303 e. The third-order valence-corrected chi connectivity index (χ3v) is 3.87. The van der Waals surface area contributed by atoms with Crippen LogP contribution >= 0.6 is 0 Å². The predicted octanol–water partition coefficient (Wildman–Crippen LogP) is 4.77. The third-order valence-electron chi connectivity index (χ3n) is 3.87. The van der Waals surface area contributed by atoms with Gasteiger partial charge in [0.25, 0.3) is 0 Å². The maximum Gasteiger partial charge on any atom is 0.303 e. The first-order valence-corrected chi connectivity index (χ1v) is 8.72. The van der Waals surface area contributed by atoms with Crippen molar-refractivity contribution in [3.63, 3.8) is 0 Å². The minimum atomic E-state index is -0.677. The molecular weight excluding hydrogens is 262 g/mol. The number of aliphatic carboxylic acids is 1. The van der Waals surface area contributed by atoms with E-state index in [0.717, 1.165) is 25.8 Å². The van der Waals surface area contributed by atoms with Gasteiger partial charge in [0, 0.05) is 6.42 Å². The predicted molar refractivity (Wildman–Crippen MR) is 90.7 cm³/mol. The van der Waals surface area contributed by atoms with Crippen molar-refractivity contribution >= 4 is 5.97 Å². The molecule has 1 atom stereocenters. The summed E-state index contributed by atoms with van der Waals surface area (Å²) in [6, 6.07) is 0. The molecule has 0 rings (SSSR count). The molecule has 1 unspecified atom stereocenters. The lowest BCUT2D eigenvalue weighted by Gasteiger charge is -2.15. The molecule has 0 radical (unpaired) electrons. The monoisotopic (exact) mass is 297 g/mol. The van der Waals surface area contributed by atoms with Crippen LogP contribution in [0.25, 0.3) is 0 Å². The molecule has 0 aliphatic rings. The fourth-order valence-electron chi connectivity index (χ4n) is 2.63. The lowest BCUT2D eigenvalue weighted by molar-refractivity contribution is -0.137. The number of carboxylic acids is 1. The number of hydrogen-bond donors (Lipinski definition) is 2. The average Bonchev–Trinajstić information content (AvgIpc) is 2.45. The second-order valence-corrected chi connectivity index (χ2v) is 5.96. The van der Waals surface area contributed by atoms with Gasteiger partial charge in [-0.25, -0.2) is 0 Å². The SMILES string of the molecule is CCCCCCC=CCCCC(CCCC(=O)O)CNC. The van der Waals surface area contributed by atoms with Crippen LogP contribution in [0.4, 0.5) is 0 Å². The van der Waals surface area contributed by atoms with Gasteiger partial charge < -0.3 is 10.4 Å². The summed E-state index contributed by atoms with van der Waals surface area (Å²) < 4.78 is 0. The van der Waals surface area contributed by atoms with E-state index in [-0.39, 0.29) is 0 Å². The van der Waals surface area contributed by atoms with E-state index in [1.165, 1.54) is 44.9 Å². The van der Waals surface area contributed by atoms with Gasteiger partial charge in [-0.15, -0.1) is 0 Å². The summed E-state index contributed by atoms with van der Waals surface area (Å²) in [5.74, 6) is -0.0588. The van der Waals surface area contributed by atoms with Crippen LogP contribution < -0.4 is 5.32 Å². The quantitative estimate of drug-likeness (QED) is 0.338. The molecule has 3 nitrogen and oxygen atoms in total. The zero-order chi connectivity index (χ0) is 15.8. The lowest BCUT2D eigenvalue weighted by atomic mass is 9.95. The van der Waals surface area contributed by atoms with Crippen molar-refractivity contribution < 1.29 is 9.90 Å². The Hall–Kier alpha value is -0.830. The van der Waals surface area contributed by atoms with Crippen LogP contribution in [0.3, 0.4) is 0 Å². The van der Waals surface area contributed by atoms with E-state index >= 15 is 0 Å². The molecule has 2 N–H and O–H groups in total. The van der Waals surface area contributed by atoms with Gasteiger partial charge in [-0.05, 0) is 64.5 Å². The standard InChI is InChI=1S/C18H35NO2/c1-3-4-5-6-7-8-9-10-11-13-17(16-19-2)14-12-15-18(20)21/h8-9,17,19H,3-7,10-16H2,1-2H3,(H,20,21). The Labute approximate surface area is 131 Å². The first-order chi connectivity index (χ1) is 10.2. The average molecular weight is 297 g/mol. The largest absolute Gasteiger partial charge is 0.481 e. The summed E-state index contributed by atoms with van der Waals surface area (Å²) in [5.41, 5.74) is 0. The van der Waals surface area contributed by atoms with E-state index < -0.39 is 5.97 Å². The van der Waals surface area contributed by atoms with E-state index in [9.17, 15) is 4.79 Å². The highest BCUT2D eigenvalue weighted by atomic mass is 16.4. The second kappa shape index (κ2) is 15.6. The minimum absolute atomic E-state index is 0.303. The normalized spacial score (nSPS) is 12.9. The molecular formula is C18H35NO2. The molecule has 124 valence electrons. The molecule has 0 saturated carbocycles. The molecule has 0 bridgehead atoms. The molecule has 0 heterocycles. The molecule has 0 saturated heterocycles. The van der Waals surface area contributed by atoms with Crippen LogP contribution in [0.15, 0.2) is 12.2 Å². The fourth-order valence-corrected chi connectivity index (χ4v) is 2.63.